The van der Waals surface area contributed by atoms with Gasteiger partial charge in [-0.25, -0.2) is 23.0 Å². The highest BCUT2D eigenvalue weighted by Crippen LogP contribution is 2.34. The van der Waals surface area contributed by atoms with Gasteiger partial charge in [0.2, 0.25) is 0 Å². The first-order valence-corrected chi connectivity index (χ1v) is 9.71. The average Bonchev–Trinajstić information content (AvgIpc) is 2.80. The molecule has 0 fully saturated rings. The number of carbonyl (C=O) groups excluding carboxylic acids is 1. The maximum atomic E-state index is 14.2. The predicted octanol–water partition coefficient (Wildman–Crippen LogP) is 5.48. The van der Waals surface area contributed by atoms with Crippen LogP contribution in [0.4, 0.5) is 23.2 Å². The van der Waals surface area contributed by atoms with Crippen molar-refractivity contribution in [2.75, 3.05) is 4.31 Å². The van der Waals surface area contributed by atoms with Gasteiger partial charge in [-0.15, -0.1) is 0 Å². The van der Waals surface area contributed by atoms with Crippen LogP contribution in [0.1, 0.15) is 11.1 Å². The van der Waals surface area contributed by atoms with Gasteiger partial charge < -0.3 is 4.31 Å². The summed E-state index contributed by atoms with van der Waals surface area (Å²) in [5, 5.41) is 8.50. The van der Waals surface area contributed by atoms with E-state index in [4.69, 9.17) is 5.21 Å². The normalized spacial score (nSPS) is 11.0. The zero-order chi connectivity index (χ0) is 22.4. The smallest absolute Gasteiger partial charge is 0.267 e. The fraction of sp³-hybridized carbons (Fsp3) is 0.0455. The molecule has 3 rings (SSSR count). The largest absolute Gasteiger partial charge is 0.308 e. The van der Waals surface area contributed by atoms with E-state index < -0.39 is 34.1 Å². The molecule has 0 unspecified atom stereocenters. The first-order chi connectivity index (χ1) is 14.9. The molecule has 0 aromatic heterocycles. The van der Waals surface area contributed by atoms with Crippen LogP contribution >= 0.6 is 11.9 Å². The molecule has 9 heteroatoms. The number of amides is 1. The van der Waals surface area contributed by atoms with Crippen molar-refractivity contribution in [1.82, 2.24) is 5.48 Å². The summed E-state index contributed by atoms with van der Waals surface area (Å²) in [5.74, 6) is -7.33. The Hall–Kier alpha value is -3.30. The van der Waals surface area contributed by atoms with Crippen molar-refractivity contribution in [2.45, 2.75) is 11.4 Å². The van der Waals surface area contributed by atoms with Crippen molar-refractivity contribution in [3.05, 3.63) is 101 Å². The Labute approximate surface area is 179 Å². The SMILES string of the molecule is O=C(/C=C/c1ccc(CN(Sc2cc(F)c(F)c(F)c2F)c2ccccc2)cc1)NO. The van der Waals surface area contributed by atoms with Crippen LogP contribution in [0, 0.1) is 23.3 Å². The lowest BCUT2D eigenvalue weighted by molar-refractivity contribution is -0.124. The molecule has 0 spiro atoms. The molecule has 31 heavy (non-hydrogen) atoms. The number of rotatable bonds is 7. The number of para-hydroxylation sites is 1. The van der Waals surface area contributed by atoms with Crippen LogP contribution in [0.5, 0.6) is 0 Å². The van der Waals surface area contributed by atoms with E-state index in [1.807, 2.05) is 0 Å². The Bertz CT molecular complexity index is 1090. The highest BCUT2D eigenvalue weighted by Gasteiger charge is 2.21. The molecular formula is C22H16F4N2O2S. The molecule has 0 atom stereocenters. The maximum Gasteiger partial charge on any atom is 0.267 e. The lowest BCUT2D eigenvalue weighted by atomic mass is 10.1. The number of anilines is 1. The minimum Gasteiger partial charge on any atom is -0.308 e. The number of carbonyl (C=O) groups is 1. The third-order valence-corrected chi connectivity index (χ3v) is 5.22. The Morgan fingerprint density at radius 3 is 2.29 bits per heavy atom. The van der Waals surface area contributed by atoms with Gasteiger partial charge in [-0.1, -0.05) is 42.5 Å². The summed E-state index contributed by atoms with van der Waals surface area (Å²) < 4.78 is 56.4. The van der Waals surface area contributed by atoms with Crippen LogP contribution in [0.2, 0.25) is 0 Å². The summed E-state index contributed by atoms with van der Waals surface area (Å²) >= 11 is 0.739. The molecule has 160 valence electrons. The van der Waals surface area contributed by atoms with E-state index in [1.165, 1.54) is 11.6 Å². The van der Waals surface area contributed by atoms with Gasteiger partial charge in [-0.05, 0) is 47.3 Å². The number of benzene rings is 3. The lowest BCUT2D eigenvalue weighted by Crippen LogP contribution is -2.15. The number of hydrogen-bond acceptors (Lipinski definition) is 4. The van der Waals surface area contributed by atoms with Gasteiger partial charge in [0.1, 0.15) is 0 Å². The summed E-state index contributed by atoms with van der Waals surface area (Å²) in [7, 11) is 0. The molecule has 0 heterocycles. The van der Waals surface area contributed by atoms with Gasteiger partial charge in [-0.3, -0.25) is 10.0 Å². The van der Waals surface area contributed by atoms with Gasteiger partial charge in [0.25, 0.3) is 5.91 Å². The molecule has 0 aliphatic rings. The Morgan fingerprint density at radius 1 is 0.968 bits per heavy atom. The molecule has 4 nitrogen and oxygen atoms in total. The van der Waals surface area contributed by atoms with E-state index in [0.29, 0.717) is 17.3 Å². The molecule has 2 N–H and O–H groups in total. The number of hydroxylamine groups is 1. The standard InChI is InChI=1S/C22H16F4N2O2S/c23-17-12-18(21(25)22(26)20(17)24)31-28(16-4-2-1-3-5-16)13-15-8-6-14(7-9-15)10-11-19(29)27-30/h1-12,30H,13H2,(H,27,29)/b11-10+. The van der Waals surface area contributed by atoms with Crippen LogP contribution in [0.3, 0.4) is 0 Å². The second kappa shape index (κ2) is 10.1. The Kier molecular flexibility index (Phi) is 7.32. The molecule has 3 aromatic rings. The number of nitrogens with one attached hydrogen (secondary N) is 1. The molecule has 1 amide bonds. The highest BCUT2D eigenvalue weighted by atomic mass is 32.2. The van der Waals surface area contributed by atoms with E-state index >= 15 is 0 Å². The van der Waals surface area contributed by atoms with Crippen molar-refractivity contribution in [2.24, 2.45) is 0 Å². The quantitative estimate of drug-likeness (QED) is 0.0957. The third-order valence-electron chi connectivity index (χ3n) is 4.17. The van der Waals surface area contributed by atoms with Crippen LogP contribution in [0.15, 0.2) is 71.6 Å². The molecule has 0 aliphatic carbocycles. The summed E-state index contributed by atoms with van der Waals surface area (Å²) in [5.41, 5.74) is 3.60. The maximum absolute atomic E-state index is 14.2. The van der Waals surface area contributed by atoms with Crippen molar-refractivity contribution in [1.29, 1.82) is 0 Å². The molecule has 3 aromatic carbocycles. The Balaban J connectivity index is 1.86. The van der Waals surface area contributed by atoms with E-state index in [9.17, 15) is 22.4 Å². The minimum absolute atomic E-state index is 0.232. The van der Waals surface area contributed by atoms with Gasteiger partial charge in [0.05, 0.1) is 11.4 Å². The zero-order valence-electron chi connectivity index (χ0n) is 15.9. The van der Waals surface area contributed by atoms with Gasteiger partial charge in [0, 0.05) is 11.8 Å². The topological polar surface area (TPSA) is 52.6 Å². The summed E-state index contributed by atoms with van der Waals surface area (Å²) in [4.78, 5) is 10.7. The third kappa shape index (κ3) is 5.65. The van der Waals surface area contributed by atoms with Crippen molar-refractivity contribution in [3.8, 4) is 0 Å². The van der Waals surface area contributed by atoms with Crippen molar-refractivity contribution < 1.29 is 27.6 Å². The number of nitrogens with zero attached hydrogens (tertiary/aromatic N) is 1. The van der Waals surface area contributed by atoms with Crippen LogP contribution in [0.25, 0.3) is 6.08 Å². The molecule has 0 bridgehead atoms. The lowest BCUT2D eigenvalue weighted by Gasteiger charge is -2.24. The van der Waals surface area contributed by atoms with Gasteiger partial charge >= 0.3 is 0 Å². The molecule has 0 saturated carbocycles. The van der Waals surface area contributed by atoms with E-state index in [-0.39, 0.29) is 6.54 Å². The highest BCUT2D eigenvalue weighted by molar-refractivity contribution is 8.00. The first-order valence-electron chi connectivity index (χ1n) is 8.93. The first kappa shape index (κ1) is 22.4. The van der Waals surface area contributed by atoms with Crippen LogP contribution in [-0.4, -0.2) is 11.1 Å². The molecule has 0 radical (unpaired) electrons. The molecule has 0 saturated heterocycles. The number of hydrogen-bond donors (Lipinski definition) is 2. The predicted molar refractivity (Wildman–Crippen MR) is 110 cm³/mol. The summed E-state index contributed by atoms with van der Waals surface area (Å²) in [6, 6.07) is 16.4. The number of halogens is 4. The second-order valence-electron chi connectivity index (χ2n) is 6.31. The van der Waals surface area contributed by atoms with Gasteiger partial charge in [0.15, 0.2) is 23.3 Å². The van der Waals surface area contributed by atoms with Crippen LogP contribution in [-0.2, 0) is 11.3 Å². The summed E-state index contributed by atoms with van der Waals surface area (Å²) in [6.07, 6.45) is 2.65. The van der Waals surface area contributed by atoms with Crippen molar-refractivity contribution in [3.63, 3.8) is 0 Å². The van der Waals surface area contributed by atoms with Crippen molar-refractivity contribution >= 4 is 29.6 Å². The fourth-order valence-corrected chi connectivity index (χ4v) is 3.62. The van der Waals surface area contributed by atoms with E-state index in [1.54, 1.807) is 58.9 Å². The van der Waals surface area contributed by atoms with Gasteiger partial charge in [-0.2, -0.15) is 0 Å². The fourth-order valence-electron chi connectivity index (χ4n) is 2.62. The van der Waals surface area contributed by atoms with Crippen LogP contribution < -0.4 is 9.79 Å². The average molecular weight is 448 g/mol. The second-order valence-corrected chi connectivity index (χ2v) is 7.38. The minimum atomic E-state index is -1.86. The monoisotopic (exact) mass is 448 g/mol. The zero-order valence-corrected chi connectivity index (χ0v) is 16.7. The summed E-state index contributed by atoms with van der Waals surface area (Å²) in [6.45, 7) is 0.232. The van der Waals surface area contributed by atoms with E-state index in [2.05, 4.69) is 0 Å². The molecule has 0 aliphatic heterocycles. The van der Waals surface area contributed by atoms with E-state index in [0.717, 1.165) is 23.6 Å². The Morgan fingerprint density at radius 2 is 1.65 bits per heavy atom. The molecular weight excluding hydrogens is 432 g/mol.